The smallest absolute Gasteiger partial charge is 0.323 e. The molecule has 0 amide bonds. The number of likely N-dealkylation sites (N-methyl/N-ethyl adjacent to an activating group) is 1. The minimum absolute atomic E-state index is 0.167. The first-order chi connectivity index (χ1) is 8.24. The van der Waals surface area contributed by atoms with Gasteiger partial charge in [-0.3, -0.25) is 0 Å². The third-order valence-electron chi connectivity index (χ3n) is 3.42. The van der Waals surface area contributed by atoms with Crippen molar-refractivity contribution in [1.29, 1.82) is 0 Å². The average molecular weight is 258 g/mol. The Morgan fingerprint density at radius 2 is 1.89 bits per heavy atom. The average Bonchev–Trinajstić information content (AvgIpc) is 2.95. The van der Waals surface area contributed by atoms with Gasteiger partial charge in [0.05, 0.1) is 11.6 Å². The van der Waals surface area contributed by atoms with Crippen LogP contribution in [0.25, 0.3) is 0 Å². The molecule has 0 bridgehead atoms. The van der Waals surface area contributed by atoms with Crippen LogP contribution in [0.5, 0.6) is 0 Å². The molecule has 1 aliphatic carbocycles. The second kappa shape index (κ2) is 4.24. The Kier molecular flexibility index (Phi) is 3.15. The lowest BCUT2D eigenvalue weighted by Crippen LogP contribution is -2.39. The summed E-state index contributed by atoms with van der Waals surface area (Å²) in [5.41, 5.74) is 5.80. The molecular weight excluding hydrogens is 241 g/mol. The topological polar surface area (TPSA) is 29.3 Å². The summed E-state index contributed by atoms with van der Waals surface area (Å²) in [6, 6.07) is 5.29. The van der Waals surface area contributed by atoms with Crippen molar-refractivity contribution in [2.24, 2.45) is 5.73 Å². The molecule has 2 nitrogen and oxygen atoms in total. The van der Waals surface area contributed by atoms with Crippen molar-refractivity contribution in [3.63, 3.8) is 0 Å². The number of nitrogens with zero attached hydrogens (tertiary/aromatic N) is 1. The predicted molar refractivity (Wildman–Crippen MR) is 64.0 cm³/mol. The second-order valence-electron chi connectivity index (χ2n) is 5.22. The summed E-state index contributed by atoms with van der Waals surface area (Å²) in [6.45, 7) is 0. The fourth-order valence-corrected chi connectivity index (χ4v) is 2.45. The number of hydrogen-bond donors (Lipinski definition) is 1. The molecule has 0 saturated heterocycles. The molecule has 0 aliphatic heterocycles. The molecule has 1 unspecified atom stereocenters. The third-order valence-corrected chi connectivity index (χ3v) is 3.42. The van der Waals surface area contributed by atoms with Crippen LogP contribution >= 0.6 is 0 Å². The van der Waals surface area contributed by atoms with Crippen LogP contribution in [0.1, 0.15) is 30.0 Å². The van der Waals surface area contributed by atoms with Crippen LogP contribution in [0.3, 0.4) is 0 Å². The number of benzene rings is 1. The van der Waals surface area contributed by atoms with Crippen molar-refractivity contribution >= 4 is 0 Å². The zero-order valence-electron chi connectivity index (χ0n) is 10.5. The zero-order chi connectivity index (χ0) is 13.6. The van der Waals surface area contributed by atoms with Gasteiger partial charge in [-0.05, 0) is 44.6 Å². The summed E-state index contributed by atoms with van der Waals surface area (Å²) in [7, 11) is 3.69. The molecule has 0 heterocycles. The number of halogens is 3. The first-order valence-corrected chi connectivity index (χ1v) is 5.86. The highest BCUT2D eigenvalue weighted by Crippen LogP contribution is 2.46. The van der Waals surface area contributed by atoms with E-state index in [-0.39, 0.29) is 11.6 Å². The van der Waals surface area contributed by atoms with Gasteiger partial charge in [-0.1, -0.05) is 12.1 Å². The third kappa shape index (κ3) is 2.52. The van der Waals surface area contributed by atoms with Crippen molar-refractivity contribution < 1.29 is 13.2 Å². The molecular formula is C13H17F3N2. The number of rotatable bonds is 3. The fraction of sp³-hybridized carbons (Fsp3) is 0.538. The molecule has 1 aromatic rings. The van der Waals surface area contributed by atoms with E-state index in [1.54, 1.807) is 6.07 Å². The van der Waals surface area contributed by atoms with Gasteiger partial charge >= 0.3 is 6.18 Å². The van der Waals surface area contributed by atoms with Gasteiger partial charge in [0.25, 0.3) is 0 Å². The minimum Gasteiger partial charge on any atom is -0.323 e. The molecule has 1 aliphatic rings. The van der Waals surface area contributed by atoms with Gasteiger partial charge in [0.1, 0.15) is 0 Å². The van der Waals surface area contributed by atoms with Gasteiger partial charge < -0.3 is 10.6 Å². The van der Waals surface area contributed by atoms with Gasteiger partial charge in [-0.15, -0.1) is 0 Å². The maximum Gasteiger partial charge on any atom is 0.416 e. The largest absolute Gasteiger partial charge is 0.416 e. The molecule has 5 heteroatoms. The van der Waals surface area contributed by atoms with E-state index in [0.717, 1.165) is 18.9 Å². The van der Waals surface area contributed by atoms with Gasteiger partial charge in [0.15, 0.2) is 0 Å². The highest BCUT2D eigenvalue weighted by molar-refractivity contribution is 5.32. The summed E-state index contributed by atoms with van der Waals surface area (Å²) in [6.07, 6.45) is -2.60. The molecule has 0 spiro atoms. The summed E-state index contributed by atoms with van der Waals surface area (Å²) in [4.78, 5) is 1.89. The van der Waals surface area contributed by atoms with E-state index >= 15 is 0 Å². The Balaban J connectivity index is 2.37. The van der Waals surface area contributed by atoms with Crippen molar-refractivity contribution in [3.8, 4) is 0 Å². The summed E-state index contributed by atoms with van der Waals surface area (Å²) in [5, 5.41) is 0. The first-order valence-electron chi connectivity index (χ1n) is 5.86. The Morgan fingerprint density at radius 3 is 2.33 bits per heavy atom. The lowest BCUT2D eigenvalue weighted by atomic mass is 9.95. The molecule has 100 valence electrons. The normalized spacial score (nSPS) is 19.9. The molecule has 1 fully saturated rings. The second-order valence-corrected chi connectivity index (χ2v) is 5.22. The van der Waals surface area contributed by atoms with E-state index in [0.29, 0.717) is 5.56 Å². The van der Waals surface area contributed by atoms with Gasteiger partial charge in [0, 0.05) is 5.54 Å². The molecule has 18 heavy (non-hydrogen) atoms. The molecule has 2 rings (SSSR count). The number of hydrogen-bond acceptors (Lipinski definition) is 2. The van der Waals surface area contributed by atoms with Crippen LogP contribution in [-0.2, 0) is 6.18 Å². The quantitative estimate of drug-likeness (QED) is 0.903. The van der Waals surface area contributed by atoms with Crippen LogP contribution < -0.4 is 5.73 Å². The Morgan fingerprint density at radius 1 is 1.28 bits per heavy atom. The number of alkyl halides is 3. The van der Waals surface area contributed by atoms with Crippen molar-refractivity contribution in [2.45, 2.75) is 30.6 Å². The number of nitrogens with two attached hydrogens (primary N) is 1. The molecule has 2 N–H and O–H groups in total. The van der Waals surface area contributed by atoms with E-state index < -0.39 is 11.7 Å². The SMILES string of the molecule is CN(C)C(c1cccc(C(F)(F)F)c1)C1(N)CC1. The maximum atomic E-state index is 12.7. The van der Waals surface area contributed by atoms with Crippen molar-refractivity contribution in [1.82, 2.24) is 4.90 Å². The lowest BCUT2D eigenvalue weighted by Gasteiger charge is -2.31. The summed E-state index contributed by atoms with van der Waals surface area (Å²) >= 11 is 0. The van der Waals surface area contributed by atoms with Gasteiger partial charge in [-0.2, -0.15) is 13.2 Å². The molecule has 1 aromatic carbocycles. The molecule has 0 aromatic heterocycles. The van der Waals surface area contributed by atoms with Crippen molar-refractivity contribution in [3.05, 3.63) is 35.4 Å². The van der Waals surface area contributed by atoms with E-state index in [4.69, 9.17) is 5.73 Å². The van der Waals surface area contributed by atoms with Crippen LogP contribution in [0.4, 0.5) is 13.2 Å². The lowest BCUT2D eigenvalue weighted by molar-refractivity contribution is -0.137. The van der Waals surface area contributed by atoms with Gasteiger partial charge in [0.2, 0.25) is 0 Å². The molecule has 0 radical (unpaired) electrons. The summed E-state index contributed by atoms with van der Waals surface area (Å²) < 4.78 is 38.1. The van der Waals surface area contributed by atoms with E-state index in [2.05, 4.69) is 0 Å². The standard InChI is InChI=1S/C13H17F3N2/c1-18(2)11(12(17)6-7-12)9-4-3-5-10(8-9)13(14,15)16/h3-5,8,11H,6-7,17H2,1-2H3. The Hall–Kier alpha value is -1.07. The highest BCUT2D eigenvalue weighted by atomic mass is 19.4. The van der Waals surface area contributed by atoms with Crippen LogP contribution in [0.15, 0.2) is 24.3 Å². The van der Waals surface area contributed by atoms with Crippen molar-refractivity contribution in [2.75, 3.05) is 14.1 Å². The van der Waals surface area contributed by atoms with Crippen LogP contribution in [0.2, 0.25) is 0 Å². The summed E-state index contributed by atoms with van der Waals surface area (Å²) in [5.74, 6) is 0. The van der Waals surface area contributed by atoms with E-state index in [9.17, 15) is 13.2 Å². The first kappa shape index (κ1) is 13.4. The highest BCUT2D eigenvalue weighted by Gasteiger charge is 2.47. The molecule has 1 atom stereocenters. The molecule has 1 saturated carbocycles. The predicted octanol–water partition coefficient (Wildman–Crippen LogP) is 2.80. The zero-order valence-corrected chi connectivity index (χ0v) is 10.5. The van der Waals surface area contributed by atoms with E-state index in [1.807, 2.05) is 19.0 Å². The van der Waals surface area contributed by atoms with E-state index in [1.165, 1.54) is 12.1 Å². The Labute approximate surface area is 105 Å². The minimum atomic E-state index is -4.31. The van der Waals surface area contributed by atoms with Crippen LogP contribution in [0, 0.1) is 0 Å². The monoisotopic (exact) mass is 258 g/mol. The van der Waals surface area contributed by atoms with Crippen LogP contribution in [-0.4, -0.2) is 24.5 Å². The van der Waals surface area contributed by atoms with Gasteiger partial charge in [-0.25, -0.2) is 0 Å². The fourth-order valence-electron chi connectivity index (χ4n) is 2.45. The Bertz CT molecular complexity index is 436. The maximum absolute atomic E-state index is 12.7.